The molecule has 2 aromatic rings. The summed E-state index contributed by atoms with van der Waals surface area (Å²) in [6, 6.07) is 14.6. The van der Waals surface area contributed by atoms with E-state index in [4.69, 9.17) is 9.47 Å². The molecule has 6 heteroatoms. The minimum absolute atomic E-state index is 0.164. The third-order valence-electron chi connectivity index (χ3n) is 4.61. The Morgan fingerprint density at radius 2 is 1.70 bits per heavy atom. The van der Waals surface area contributed by atoms with Crippen LogP contribution in [0.5, 0.6) is 5.75 Å². The summed E-state index contributed by atoms with van der Waals surface area (Å²) >= 11 is 0. The molecular formula is C24H29NO5. The molecule has 2 rings (SSSR count). The number of carbonyl (C=O) groups excluding carboxylic acids is 3. The highest BCUT2D eigenvalue weighted by Gasteiger charge is 2.19. The third kappa shape index (κ3) is 7.35. The van der Waals surface area contributed by atoms with Gasteiger partial charge in [0.05, 0.1) is 6.04 Å². The standard InChI is InChI=1S/C24H29NO5/c1-16(2)20-11-10-17(3)12-22(20)29-15-24(28)30-14-23(27)25-21(18(4)26)13-19-8-6-5-7-9-19/h5-12,16,21H,13-15H2,1-4H3,(H,25,27)/t21-/m0/s1. The number of rotatable bonds is 10. The number of hydrogen-bond donors (Lipinski definition) is 1. The molecule has 160 valence electrons. The molecule has 0 saturated carbocycles. The SMILES string of the molecule is CC(=O)[C@H](Cc1ccccc1)NC(=O)COC(=O)COc1cc(C)ccc1C(C)C. The smallest absolute Gasteiger partial charge is 0.344 e. The van der Waals surface area contributed by atoms with Crippen molar-refractivity contribution in [3.63, 3.8) is 0 Å². The van der Waals surface area contributed by atoms with Gasteiger partial charge < -0.3 is 14.8 Å². The Labute approximate surface area is 177 Å². The molecule has 0 aromatic heterocycles. The van der Waals surface area contributed by atoms with Gasteiger partial charge in [-0.3, -0.25) is 9.59 Å². The molecule has 0 radical (unpaired) electrons. The average Bonchev–Trinajstić information content (AvgIpc) is 2.70. The summed E-state index contributed by atoms with van der Waals surface area (Å²) in [5.74, 6) is -0.467. The van der Waals surface area contributed by atoms with Crippen LogP contribution in [0.4, 0.5) is 0 Å². The number of amides is 1. The minimum atomic E-state index is -0.671. The van der Waals surface area contributed by atoms with Gasteiger partial charge in [-0.15, -0.1) is 0 Å². The first-order valence-electron chi connectivity index (χ1n) is 9.99. The summed E-state index contributed by atoms with van der Waals surface area (Å²) in [5.41, 5.74) is 2.95. The lowest BCUT2D eigenvalue weighted by atomic mass is 10.0. The molecule has 0 bridgehead atoms. The largest absolute Gasteiger partial charge is 0.482 e. The van der Waals surface area contributed by atoms with Crippen molar-refractivity contribution in [2.24, 2.45) is 0 Å². The van der Waals surface area contributed by atoms with Crippen molar-refractivity contribution in [1.29, 1.82) is 0 Å². The van der Waals surface area contributed by atoms with Crippen LogP contribution in [0.1, 0.15) is 43.4 Å². The van der Waals surface area contributed by atoms with E-state index in [2.05, 4.69) is 5.32 Å². The number of benzene rings is 2. The number of esters is 1. The molecule has 0 aliphatic carbocycles. The quantitative estimate of drug-likeness (QED) is 0.607. The predicted octanol–water partition coefficient (Wildman–Crippen LogP) is 3.36. The first-order valence-corrected chi connectivity index (χ1v) is 9.99. The molecule has 0 unspecified atom stereocenters. The van der Waals surface area contributed by atoms with E-state index in [1.54, 1.807) is 0 Å². The number of hydrogen-bond acceptors (Lipinski definition) is 5. The summed E-state index contributed by atoms with van der Waals surface area (Å²) < 4.78 is 10.6. The highest BCUT2D eigenvalue weighted by molar-refractivity contribution is 5.88. The number of carbonyl (C=O) groups is 3. The Morgan fingerprint density at radius 3 is 2.33 bits per heavy atom. The molecule has 6 nitrogen and oxygen atoms in total. The maximum absolute atomic E-state index is 12.1. The Kier molecular flexibility index (Phi) is 8.59. The van der Waals surface area contributed by atoms with Gasteiger partial charge in [0.25, 0.3) is 5.91 Å². The average molecular weight is 411 g/mol. The lowest BCUT2D eigenvalue weighted by Gasteiger charge is -2.16. The molecule has 1 atom stereocenters. The maximum atomic E-state index is 12.1. The van der Waals surface area contributed by atoms with Gasteiger partial charge in [0.2, 0.25) is 0 Å². The zero-order valence-corrected chi connectivity index (χ0v) is 17.9. The summed E-state index contributed by atoms with van der Waals surface area (Å²) in [6.45, 7) is 6.69. The van der Waals surface area contributed by atoms with Gasteiger partial charge in [-0.2, -0.15) is 0 Å². The summed E-state index contributed by atoms with van der Waals surface area (Å²) in [5, 5.41) is 2.62. The number of ketones is 1. The van der Waals surface area contributed by atoms with Gasteiger partial charge in [-0.25, -0.2) is 4.79 Å². The van der Waals surface area contributed by atoms with E-state index in [1.807, 2.05) is 69.3 Å². The molecule has 0 spiro atoms. The van der Waals surface area contributed by atoms with Gasteiger partial charge in [-0.05, 0) is 48.9 Å². The first-order chi connectivity index (χ1) is 14.3. The zero-order valence-electron chi connectivity index (χ0n) is 17.9. The normalized spacial score (nSPS) is 11.6. The van der Waals surface area contributed by atoms with Crippen LogP contribution < -0.4 is 10.1 Å². The minimum Gasteiger partial charge on any atom is -0.482 e. The molecule has 30 heavy (non-hydrogen) atoms. The summed E-state index contributed by atoms with van der Waals surface area (Å²) in [7, 11) is 0. The van der Waals surface area contributed by atoms with Crippen molar-refractivity contribution in [1.82, 2.24) is 5.32 Å². The van der Waals surface area contributed by atoms with Gasteiger partial charge >= 0.3 is 5.97 Å². The Hall–Kier alpha value is -3.15. The second kappa shape index (κ2) is 11.1. The van der Waals surface area contributed by atoms with Crippen molar-refractivity contribution >= 4 is 17.7 Å². The highest BCUT2D eigenvalue weighted by atomic mass is 16.6. The summed E-state index contributed by atoms with van der Waals surface area (Å²) in [6.07, 6.45) is 0.379. The van der Waals surface area contributed by atoms with Crippen LogP contribution >= 0.6 is 0 Å². The van der Waals surface area contributed by atoms with Crippen LogP contribution in [-0.2, 0) is 25.5 Å². The van der Waals surface area contributed by atoms with Crippen molar-refractivity contribution < 1.29 is 23.9 Å². The van der Waals surface area contributed by atoms with Crippen LogP contribution in [0.15, 0.2) is 48.5 Å². The Morgan fingerprint density at radius 1 is 1.00 bits per heavy atom. The number of Topliss-reactive ketones (excluding diaryl/α,β-unsaturated/α-hetero) is 1. The fourth-order valence-electron chi connectivity index (χ4n) is 2.95. The van der Waals surface area contributed by atoms with Gasteiger partial charge in [0.15, 0.2) is 19.0 Å². The fraction of sp³-hybridized carbons (Fsp3) is 0.375. The van der Waals surface area contributed by atoms with Crippen LogP contribution in [0.2, 0.25) is 0 Å². The van der Waals surface area contributed by atoms with Gasteiger partial charge in [-0.1, -0.05) is 56.3 Å². The third-order valence-corrected chi connectivity index (χ3v) is 4.61. The van der Waals surface area contributed by atoms with Gasteiger partial charge in [0, 0.05) is 0 Å². The molecule has 1 amide bonds. The molecule has 0 aliphatic heterocycles. The molecular weight excluding hydrogens is 382 g/mol. The molecule has 0 saturated heterocycles. The molecule has 0 fully saturated rings. The first kappa shape index (κ1) is 23.1. The number of nitrogens with one attached hydrogen (secondary N) is 1. The monoisotopic (exact) mass is 411 g/mol. The second-order valence-electron chi connectivity index (χ2n) is 7.57. The maximum Gasteiger partial charge on any atom is 0.344 e. The number of aryl methyl sites for hydroxylation is 1. The van der Waals surface area contributed by atoms with E-state index in [9.17, 15) is 14.4 Å². The van der Waals surface area contributed by atoms with E-state index >= 15 is 0 Å². The zero-order chi connectivity index (χ0) is 22.1. The second-order valence-corrected chi connectivity index (χ2v) is 7.57. The fourth-order valence-corrected chi connectivity index (χ4v) is 2.95. The molecule has 0 heterocycles. The van der Waals surface area contributed by atoms with Crippen LogP contribution in [-0.4, -0.2) is 36.9 Å². The Balaban J connectivity index is 1.83. The van der Waals surface area contributed by atoms with E-state index in [0.29, 0.717) is 12.2 Å². The van der Waals surface area contributed by atoms with Crippen LogP contribution in [0, 0.1) is 6.92 Å². The van der Waals surface area contributed by atoms with E-state index in [-0.39, 0.29) is 18.3 Å². The topological polar surface area (TPSA) is 81.7 Å². The van der Waals surface area contributed by atoms with Crippen LogP contribution in [0.3, 0.4) is 0 Å². The van der Waals surface area contributed by atoms with E-state index in [1.165, 1.54) is 6.92 Å². The van der Waals surface area contributed by atoms with Crippen molar-refractivity contribution in [3.05, 3.63) is 65.2 Å². The molecule has 0 aliphatic rings. The Bertz CT molecular complexity index is 876. The highest BCUT2D eigenvalue weighted by Crippen LogP contribution is 2.27. The van der Waals surface area contributed by atoms with Gasteiger partial charge in [0.1, 0.15) is 5.75 Å². The molecule has 2 aromatic carbocycles. The van der Waals surface area contributed by atoms with Crippen molar-refractivity contribution in [2.75, 3.05) is 13.2 Å². The van der Waals surface area contributed by atoms with Crippen molar-refractivity contribution in [3.8, 4) is 5.75 Å². The lowest BCUT2D eigenvalue weighted by Crippen LogP contribution is -2.43. The van der Waals surface area contributed by atoms with Crippen LogP contribution in [0.25, 0.3) is 0 Å². The summed E-state index contributed by atoms with van der Waals surface area (Å²) in [4.78, 5) is 36.0. The van der Waals surface area contributed by atoms with Crippen molar-refractivity contribution in [2.45, 2.75) is 46.1 Å². The lowest BCUT2D eigenvalue weighted by molar-refractivity contribution is -0.150. The molecule has 1 N–H and O–H groups in total. The van der Waals surface area contributed by atoms with E-state index < -0.39 is 24.5 Å². The number of ether oxygens (including phenoxy) is 2. The van der Waals surface area contributed by atoms with E-state index in [0.717, 1.165) is 16.7 Å². The predicted molar refractivity (Wildman–Crippen MR) is 114 cm³/mol.